The van der Waals surface area contributed by atoms with Gasteiger partial charge in [-0.15, -0.1) is 0 Å². The monoisotopic (exact) mass is 348 g/mol. The van der Waals surface area contributed by atoms with Crippen LogP contribution in [0.25, 0.3) is 0 Å². The fraction of sp³-hybridized carbons (Fsp3) is 0.632. The number of hydrogen-bond acceptors (Lipinski definition) is 4. The molecule has 2 N–H and O–H groups in total. The molecule has 1 aromatic carbocycles. The lowest BCUT2D eigenvalue weighted by molar-refractivity contribution is 0.155. The SMILES string of the molecule is CCCN(CCO)C(=O)Nc1ccc(CCN2CCN(C)CC2)cc1. The lowest BCUT2D eigenvalue weighted by Gasteiger charge is -2.32. The van der Waals surface area contributed by atoms with E-state index in [-0.39, 0.29) is 12.6 Å². The van der Waals surface area contributed by atoms with Crippen LogP contribution in [0.2, 0.25) is 0 Å². The molecule has 0 aromatic heterocycles. The van der Waals surface area contributed by atoms with Crippen LogP contribution in [-0.4, -0.2) is 85.3 Å². The van der Waals surface area contributed by atoms with Crippen molar-refractivity contribution in [3.8, 4) is 0 Å². The van der Waals surface area contributed by atoms with Crippen LogP contribution < -0.4 is 5.32 Å². The third-order valence-corrected chi connectivity index (χ3v) is 4.67. The number of nitrogens with one attached hydrogen (secondary N) is 1. The molecule has 25 heavy (non-hydrogen) atoms. The van der Waals surface area contributed by atoms with Gasteiger partial charge in [-0.2, -0.15) is 0 Å². The maximum atomic E-state index is 12.2. The van der Waals surface area contributed by atoms with Crippen molar-refractivity contribution >= 4 is 11.7 Å². The maximum absolute atomic E-state index is 12.2. The predicted octanol–water partition coefficient (Wildman–Crippen LogP) is 1.71. The Morgan fingerprint density at radius 2 is 1.84 bits per heavy atom. The van der Waals surface area contributed by atoms with Gasteiger partial charge in [0.15, 0.2) is 0 Å². The molecule has 2 amide bonds. The summed E-state index contributed by atoms with van der Waals surface area (Å²) in [4.78, 5) is 18.7. The Kier molecular flexibility index (Phi) is 8.18. The van der Waals surface area contributed by atoms with E-state index in [1.54, 1.807) is 4.90 Å². The number of amides is 2. The fourth-order valence-electron chi connectivity index (χ4n) is 3.02. The second kappa shape index (κ2) is 10.4. The van der Waals surface area contributed by atoms with Gasteiger partial charge in [0.05, 0.1) is 6.61 Å². The quantitative estimate of drug-likeness (QED) is 0.751. The summed E-state index contributed by atoms with van der Waals surface area (Å²) in [6, 6.07) is 7.94. The number of nitrogens with zero attached hydrogens (tertiary/aromatic N) is 3. The Balaban J connectivity index is 1.79. The molecule has 1 aliphatic rings. The van der Waals surface area contributed by atoms with Crippen LogP contribution in [0.5, 0.6) is 0 Å². The van der Waals surface area contributed by atoms with Gasteiger partial charge in [0, 0.05) is 51.5 Å². The van der Waals surface area contributed by atoms with Crippen LogP contribution in [-0.2, 0) is 6.42 Å². The molecule has 6 heteroatoms. The highest BCUT2D eigenvalue weighted by atomic mass is 16.3. The van der Waals surface area contributed by atoms with E-state index in [2.05, 4.69) is 34.3 Å². The van der Waals surface area contributed by atoms with Crippen LogP contribution in [0.15, 0.2) is 24.3 Å². The molecule has 0 aliphatic carbocycles. The molecule has 0 atom stereocenters. The third kappa shape index (κ3) is 6.65. The van der Waals surface area contributed by atoms with Crippen molar-refractivity contribution in [2.45, 2.75) is 19.8 Å². The lowest BCUT2D eigenvalue weighted by Crippen LogP contribution is -2.45. The minimum atomic E-state index is -0.152. The van der Waals surface area contributed by atoms with Gasteiger partial charge in [-0.3, -0.25) is 0 Å². The van der Waals surface area contributed by atoms with Gasteiger partial charge >= 0.3 is 6.03 Å². The van der Waals surface area contributed by atoms with Crippen molar-refractivity contribution in [2.75, 3.05) is 64.8 Å². The smallest absolute Gasteiger partial charge is 0.321 e. The number of carbonyl (C=O) groups is 1. The number of anilines is 1. The Morgan fingerprint density at radius 1 is 1.16 bits per heavy atom. The average Bonchev–Trinajstić information content (AvgIpc) is 2.62. The number of urea groups is 1. The van der Waals surface area contributed by atoms with Crippen molar-refractivity contribution in [3.05, 3.63) is 29.8 Å². The van der Waals surface area contributed by atoms with E-state index in [0.29, 0.717) is 13.1 Å². The number of carbonyl (C=O) groups excluding carboxylic acids is 1. The number of aliphatic hydroxyl groups excluding tert-OH is 1. The van der Waals surface area contributed by atoms with Crippen LogP contribution in [0.4, 0.5) is 10.5 Å². The molecule has 0 spiro atoms. The fourth-order valence-corrected chi connectivity index (χ4v) is 3.02. The van der Waals surface area contributed by atoms with Crippen molar-refractivity contribution in [3.63, 3.8) is 0 Å². The summed E-state index contributed by atoms with van der Waals surface area (Å²) in [5, 5.41) is 12.0. The summed E-state index contributed by atoms with van der Waals surface area (Å²) < 4.78 is 0. The summed E-state index contributed by atoms with van der Waals surface area (Å²) >= 11 is 0. The first-order valence-electron chi connectivity index (χ1n) is 9.29. The summed E-state index contributed by atoms with van der Waals surface area (Å²) in [6.07, 6.45) is 1.91. The first-order valence-corrected chi connectivity index (χ1v) is 9.29. The zero-order valence-electron chi connectivity index (χ0n) is 15.6. The van der Waals surface area contributed by atoms with Gasteiger partial charge in [-0.25, -0.2) is 4.79 Å². The molecule has 1 aliphatic heterocycles. The Bertz CT molecular complexity index is 507. The predicted molar refractivity (Wildman–Crippen MR) is 102 cm³/mol. The minimum Gasteiger partial charge on any atom is -0.395 e. The van der Waals surface area contributed by atoms with Gasteiger partial charge in [0.1, 0.15) is 0 Å². The van der Waals surface area contributed by atoms with Crippen LogP contribution in [0.1, 0.15) is 18.9 Å². The molecule has 1 fully saturated rings. The number of rotatable bonds is 8. The lowest BCUT2D eigenvalue weighted by atomic mass is 10.1. The highest BCUT2D eigenvalue weighted by molar-refractivity contribution is 5.89. The molecule has 0 bridgehead atoms. The molecule has 6 nitrogen and oxygen atoms in total. The maximum Gasteiger partial charge on any atom is 0.321 e. The molecule has 1 saturated heterocycles. The van der Waals surface area contributed by atoms with Crippen LogP contribution in [0, 0.1) is 0 Å². The van der Waals surface area contributed by atoms with Crippen molar-refractivity contribution in [1.82, 2.24) is 14.7 Å². The summed E-state index contributed by atoms with van der Waals surface area (Å²) in [5.74, 6) is 0. The van der Waals surface area contributed by atoms with Crippen LogP contribution in [0.3, 0.4) is 0 Å². The number of likely N-dealkylation sites (N-methyl/N-ethyl adjacent to an activating group) is 1. The average molecular weight is 348 g/mol. The molecule has 0 radical (unpaired) electrons. The summed E-state index contributed by atoms with van der Waals surface area (Å²) in [6.45, 7) is 8.68. The van der Waals surface area contributed by atoms with E-state index in [0.717, 1.165) is 51.3 Å². The Labute approximate surface area is 151 Å². The van der Waals surface area contributed by atoms with E-state index in [1.807, 2.05) is 19.1 Å². The van der Waals surface area contributed by atoms with Gasteiger partial charge < -0.3 is 25.1 Å². The normalized spacial score (nSPS) is 16.0. The van der Waals surface area contributed by atoms with E-state index < -0.39 is 0 Å². The van der Waals surface area contributed by atoms with Gasteiger partial charge in [0.25, 0.3) is 0 Å². The number of aliphatic hydroxyl groups is 1. The zero-order chi connectivity index (χ0) is 18.1. The molecular formula is C19H32N4O2. The second-order valence-corrected chi connectivity index (χ2v) is 6.73. The number of hydrogen-bond donors (Lipinski definition) is 2. The standard InChI is InChI=1S/C19H32N4O2/c1-3-9-23(15-16-24)19(25)20-18-6-4-17(5-7-18)8-10-22-13-11-21(2)12-14-22/h4-7,24H,3,8-16H2,1-2H3,(H,20,25). The third-order valence-electron chi connectivity index (χ3n) is 4.67. The summed E-state index contributed by atoms with van der Waals surface area (Å²) in [7, 11) is 2.17. The molecule has 2 rings (SSSR count). The van der Waals surface area contributed by atoms with Crippen LogP contribution >= 0.6 is 0 Å². The highest BCUT2D eigenvalue weighted by Crippen LogP contribution is 2.12. The largest absolute Gasteiger partial charge is 0.395 e. The van der Waals surface area contributed by atoms with Gasteiger partial charge in [-0.05, 0) is 37.6 Å². The Morgan fingerprint density at radius 3 is 2.44 bits per heavy atom. The molecular weight excluding hydrogens is 316 g/mol. The van der Waals surface area contributed by atoms with Gasteiger partial charge in [0.2, 0.25) is 0 Å². The second-order valence-electron chi connectivity index (χ2n) is 6.73. The number of benzene rings is 1. The van der Waals surface area contributed by atoms with E-state index in [9.17, 15) is 4.79 Å². The first-order chi connectivity index (χ1) is 12.1. The van der Waals surface area contributed by atoms with Crippen molar-refractivity contribution in [1.29, 1.82) is 0 Å². The minimum absolute atomic E-state index is 0.0152. The van der Waals surface area contributed by atoms with E-state index in [1.165, 1.54) is 5.56 Å². The molecule has 140 valence electrons. The van der Waals surface area contributed by atoms with Crippen molar-refractivity contribution < 1.29 is 9.90 Å². The first kappa shape index (κ1) is 19.7. The molecule has 0 unspecified atom stereocenters. The van der Waals surface area contributed by atoms with Gasteiger partial charge in [-0.1, -0.05) is 19.1 Å². The Hall–Kier alpha value is -1.63. The topological polar surface area (TPSA) is 59.1 Å². The molecule has 0 saturated carbocycles. The van der Waals surface area contributed by atoms with E-state index >= 15 is 0 Å². The highest BCUT2D eigenvalue weighted by Gasteiger charge is 2.14. The number of piperazine rings is 1. The molecule has 1 heterocycles. The molecule has 1 aromatic rings. The summed E-state index contributed by atoms with van der Waals surface area (Å²) in [5.41, 5.74) is 2.09. The zero-order valence-corrected chi connectivity index (χ0v) is 15.6. The van der Waals surface area contributed by atoms with Crippen molar-refractivity contribution in [2.24, 2.45) is 0 Å². The van der Waals surface area contributed by atoms with E-state index in [4.69, 9.17) is 5.11 Å².